The zero-order valence-corrected chi connectivity index (χ0v) is 15.7. The Balaban J connectivity index is 1.60. The molecule has 1 aromatic heterocycles. The number of hydrogen-bond acceptors (Lipinski definition) is 5. The van der Waals surface area contributed by atoms with Gasteiger partial charge in [0, 0.05) is 23.8 Å². The van der Waals surface area contributed by atoms with E-state index >= 15 is 0 Å². The molecule has 1 atom stereocenters. The first kappa shape index (κ1) is 17.8. The molecule has 1 saturated heterocycles. The van der Waals surface area contributed by atoms with Crippen molar-refractivity contribution in [2.75, 3.05) is 18.0 Å². The van der Waals surface area contributed by atoms with Crippen LogP contribution >= 0.6 is 0 Å². The normalized spacial score (nSPS) is 17.1. The van der Waals surface area contributed by atoms with Gasteiger partial charge in [0.2, 0.25) is 11.7 Å². The summed E-state index contributed by atoms with van der Waals surface area (Å²) in [5.41, 5.74) is 2.98. The number of tetrazole rings is 1. The standard InChI is InChI=1S/C20H20N6O2/c1-13-6-5-7-15(10-13)26-11-14(2)25(12-18(26)27)20(28)17-9-4-3-8-16(17)19-21-23-24-22-19/h3-10,14H,11-12H2,1-2H3,(H,21,22,23,24). The number of nitrogens with one attached hydrogen (secondary N) is 1. The monoisotopic (exact) mass is 376 g/mol. The molecule has 0 spiro atoms. The lowest BCUT2D eigenvalue weighted by molar-refractivity contribution is -0.121. The molecule has 0 aliphatic carbocycles. The highest BCUT2D eigenvalue weighted by molar-refractivity contribution is 6.04. The van der Waals surface area contributed by atoms with E-state index in [4.69, 9.17) is 0 Å². The molecule has 0 radical (unpaired) electrons. The fourth-order valence-electron chi connectivity index (χ4n) is 3.46. The zero-order chi connectivity index (χ0) is 19.7. The van der Waals surface area contributed by atoms with E-state index in [1.165, 1.54) is 0 Å². The maximum atomic E-state index is 13.2. The van der Waals surface area contributed by atoms with Crippen molar-refractivity contribution >= 4 is 17.5 Å². The molecule has 28 heavy (non-hydrogen) atoms. The Morgan fingerprint density at radius 3 is 2.75 bits per heavy atom. The van der Waals surface area contributed by atoms with Gasteiger partial charge in [0.1, 0.15) is 6.54 Å². The van der Waals surface area contributed by atoms with Crippen molar-refractivity contribution in [3.63, 3.8) is 0 Å². The van der Waals surface area contributed by atoms with Crippen molar-refractivity contribution < 1.29 is 9.59 Å². The highest BCUT2D eigenvalue weighted by Crippen LogP contribution is 2.25. The minimum atomic E-state index is -0.217. The molecule has 2 heterocycles. The van der Waals surface area contributed by atoms with Crippen LogP contribution in [0.4, 0.5) is 5.69 Å². The summed E-state index contributed by atoms with van der Waals surface area (Å²) in [4.78, 5) is 29.4. The summed E-state index contributed by atoms with van der Waals surface area (Å²) in [5.74, 6) is 0.0283. The molecule has 1 N–H and O–H groups in total. The Labute approximate surface area is 162 Å². The Kier molecular flexibility index (Phi) is 4.60. The number of benzene rings is 2. The molecule has 3 aromatic rings. The van der Waals surface area contributed by atoms with E-state index in [-0.39, 0.29) is 24.4 Å². The average Bonchev–Trinajstić information content (AvgIpc) is 3.23. The molecule has 2 aromatic carbocycles. The molecule has 1 aliphatic heterocycles. The number of carbonyl (C=O) groups excluding carboxylic acids is 2. The number of piperazine rings is 1. The number of nitrogens with zero attached hydrogens (tertiary/aromatic N) is 5. The van der Waals surface area contributed by atoms with Gasteiger partial charge in [-0.2, -0.15) is 5.21 Å². The molecule has 142 valence electrons. The Hall–Kier alpha value is -3.55. The van der Waals surface area contributed by atoms with Gasteiger partial charge in [0.05, 0.1) is 5.56 Å². The van der Waals surface area contributed by atoms with Crippen LogP contribution < -0.4 is 4.90 Å². The Morgan fingerprint density at radius 2 is 2.00 bits per heavy atom. The molecular weight excluding hydrogens is 356 g/mol. The Bertz CT molecular complexity index is 1020. The predicted octanol–water partition coefficient (Wildman–Crippen LogP) is 2.05. The van der Waals surface area contributed by atoms with E-state index in [0.717, 1.165) is 11.3 Å². The molecule has 0 bridgehead atoms. The second-order valence-electron chi connectivity index (χ2n) is 6.91. The van der Waals surface area contributed by atoms with E-state index in [1.807, 2.05) is 44.2 Å². The van der Waals surface area contributed by atoms with Crippen molar-refractivity contribution in [3.8, 4) is 11.4 Å². The van der Waals surface area contributed by atoms with E-state index < -0.39 is 0 Å². The summed E-state index contributed by atoms with van der Waals surface area (Å²) in [6.45, 7) is 4.41. The van der Waals surface area contributed by atoms with Crippen LogP contribution in [0.2, 0.25) is 0 Å². The minimum absolute atomic E-state index is 0.0223. The molecule has 8 heteroatoms. The van der Waals surface area contributed by atoms with Gasteiger partial charge >= 0.3 is 0 Å². The fourth-order valence-corrected chi connectivity index (χ4v) is 3.46. The van der Waals surface area contributed by atoms with Gasteiger partial charge in [0.25, 0.3) is 5.91 Å². The van der Waals surface area contributed by atoms with Crippen LogP contribution in [0.5, 0.6) is 0 Å². The van der Waals surface area contributed by atoms with Gasteiger partial charge in [0.15, 0.2) is 0 Å². The van der Waals surface area contributed by atoms with Crippen LogP contribution in [0.15, 0.2) is 48.5 Å². The van der Waals surface area contributed by atoms with Crippen LogP contribution in [-0.4, -0.2) is 56.5 Å². The number of hydrogen-bond donors (Lipinski definition) is 1. The lowest BCUT2D eigenvalue weighted by atomic mass is 10.0. The van der Waals surface area contributed by atoms with Crippen molar-refractivity contribution in [2.45, 2.75) is 19.9 Å². The van der Waals surface area contributed by atoms with E-state index in [9.17, 15) is 9.59 Å². The topological polar surface area (TPSA) is 95.1 Å². The molecule has 8 nitrogen and oxygen atoms in total. The number of H-pyrrole nitrogens is 1. The van der Waals surface area contributed by atoms with E-state index in [1.54, 1.807) is 28.0 Å². The van der Waals surface area contributed by atoms with Crippen LogP contribution in [-0.2, 0) is 4.79 Å². The minimum Gasteiger partial charge on any atom is -0.325 e. The van der Waals surface area contributed by atoms with Gasteiger partial charge in [-0.05, 0) is 42.8 Å². The first-order valence-electron chi connectivity index (χ1n) is 9.05. The molecule has 1 fully saturated rings. The van der Waals surface area contributed by atoms with Crippen LogP contribution in [0.1, 0.15) is 22.8 Å². The molecule has 2 amide bonds. The number of aromatic amines is 1. The fraction of sp³-hybridized carbons (Fsp3) is 0.250. The van der Waals surface area contributed by atoms with Crippen molar-refractivity contribution in [2.24, 2.45) is 0 Å². The average molecular weight is 376 g/mol. The first-order chi connectivity index (χ1) is 13.5. The maximum absolute atomic E-state index is 13.2. The van der Waals surface area contributed by atoms with Gasteiger partial charge in [-0.25, -0.2) is 0 Å². The number of carbonyl (C=O) groups is 2. The molecule has 0 saturated carbocycles. The second-order valence-corrected chi connectivity index (χ2v) is 6.91. The van der Waals surface area contributed by atoms with Gasteiger partial charge in [-0.1, -0.05) is 30.3 Å². The van der Waals surface area contributed by atoms with Crippen molar-refractivity contribution in [3.05, 3.63) is 59.7 Å². The van der Waals surface area contributed by atoms with Gasteiger partial charge < -0.3 is 9.80 Å². The lowest BCUT2D eigenvalue weighted by Gasteiger charge is -2.39. The number of rotatable bonds is 3. The second kappa shape index (κ2) is 7.22. The SMILES string of the molecule is Cc1cccc(N2CC(C)N(C(=O)c3ccccc3-c3nn[nH]n3)CC2=O)c1. The third-order valence-electron chi connectivity index (χ3n) is 4.90. The number of amides is 2. The summed E-state index contributed by atoms with van der Waals surface area (Å²) < 4.78 is 0. The quantitative estimate of drug-likeness (QED) is 0.755. The molecular formula is C20H20N6O2. The highest BCUT2D eigenvalue weighted by atomic mass is 16.2. The van der Waals surface area contributed by atoms with Gasteiger partial charge in [-0.3, -0.25) is 9.59 Å². The number of anilines is 1. The smallest absolute Gasteiger partial charge is 0.255 e. The zero-order valence-electron chi connectivity index (χ0n) is 15.7. The molecule has 1 unspecified atom stereocenters. The number of aromatic nitrogens is 4. The third kappa shape index (κ3) is 3.24. The third-order valence-corrected chi connectivity index (χ3v) is 4.90. The van der Waals surface area contributed by atoms with Crippen LogP contribution in [0.25, 0.3) is 11.4 Å². The van der Waals surface area contributed by atoms with Crippen molar-refractivity contribution in [1.82, 2.24) is 25.5 Å². The van der Waals surface area contributed by atoms with Crippen molar-refractivity contribution in [1.29, 1.82) is 0 Å². The van der Waals surface area contributed by atoms with Gasteiger partial charge in [-0.15, -0.1) is 10.2 Å². The maximum Gasteiger partial charge on any atom is 0.255 e. The predicted molar refractivity (Wildman–Crippen MR) is 104 cm³/mol. The largest absolute Gasteiger partial charge is 0.325 e. The summed E-state index contributed by atoms with van der Waals surface area (Å²) >= 11 is 0. The summed E-state index contributed by atoms with van der Waals surface area (Å²) in [5, 5.41) is 13.9. The van der Waals surface area contributed by atoms with E-state index in [0.29, 0.717) is 23.5 Å². The lowest BCUT2D eigenvalue weighted by Crippen LogP contribution is -2.57. The first-order valence-corrected chi connectivity index (χ1v) is 9.05. The summed E-state index contributed by atoms with van der Waals surface area (Å²) in [7, 11) is 0. The number of aryl methyl sites for hydroxylation is 1. The molecule has 4 rings (SSSR count). The van der Waals surface area contributed by atoms with Crippen LogP contribution in [0.3, 0.4) is 0 Å². The van der Waals surface area contributed by atoms with E-state index in [2.05, 4.69) is 20.6 Å². The summed E-state index contributed by atoms with van der Waals surface area (Å²) in [6, 6.07) is 14.8. The Morgan fingerprint density at radius 1 is 1.18 bits per heavy atom. The molecule has 1 aliphatic rings. The van der Waals surface area contributed by atoms with Crippen LogP contribution in [0, 0.1) is 6.92 Å². The summed E-state index contributed by atoms with van der Waals surface area (Å²) in [6.07, 6.45) is 0. The highest BCUT2D eigenvalue weighted by Gasteiger charge is 2.34.